The van der Waals surface area contributed by atoms with Gasteiger partial charge < -0.3 is 4.74 Å². The largest absolute Gasteiger partial charge is 0.494 e. The highest BCUT2D eigenvalue weighted by Gasteiger charge is 2.39. The summed E-state index contributed by atoms with van der Waals surface area (Å²) in [5, 5.41) is 0.148. The van der Waals surface area contributed by atoms with Crippen LogP contribution in [0.1, 0.15) is 31.9 Å². The molecule has 6 heteroatoms. The highest BCUT2D eigenvalue weighted by atomic mass is 32.2. The number of nitrogens with zero attached hydrogens (tertiary/aromatic N) is 1. The van der Waals surface area contributed by atoms with Crippen molar-refractivity contribution < 1.29 is 18.7 Å². The van der Waals surface area contributed by atoms with Gasteiger partial charge in [-0.25, -0.2) is 4.39 Å². The molecular formula is C22H22FNO3S. The third-order valence-corrected chi connectivity index (χ3v) is 5.27. The lowest BCUT2D eigenvalue weighted by Crippen LogP contribution is -2.31. The molecule has 0 atom stereocenters. The van der Waals surface area contributed by atoms with Crippen molar-refractivity contribution in [3.8, 4) is 5.75 Å². The van der Waals surface area contributed by atoms with Crippen molar-refractivity contribution in [2.24, 2.45) is 0 Å². The molecule has 146 valence electrons. The first-order valence-corrected chi connectivity index (χ1v) is 10.0. The van der Waals surface area contributed by atoms with Crippen LogP contribution in [0.4, 0.5) is 4.39 Å². The van der Waals surface area contributed by atoms with E-state index >= 15 is 0 Å². The van der Waals surface area contributed by atoms with Crippen LogP contribution in [-0.2, 0) is 16.1 Å². The van der Waals surface area contributed by atoms with Crippen molar-refractivity contribution in [3.63, 3.8) is 0 Å². The van der Waals surface area contributed by atoms with Crippen LogP contribution >= 0.6 is 11.8 Å². The van der Waals surface area contributed by atoms with Gasteiger partial charge >= 0.3 is 0 Å². The Balaban J connectivity index is 1.94. The molecule has 0 bridgehead atoms. The van der Waals surface area contributed by atoms with Crippen molar-refractivity contribution in [2.75, 3.05) is 6.61 Å². The summed E-state index contributed by atoms with van der Waals surface area (Å²) in [5.74, 6) is -0.282. The van der Waals surface area contributed by atoms with Crippen molar-refractivity contribution in [2.45, 2.75) is 32.6 Å². The molecule has 0 radical (unpaired) electrons. The van der Waals surface area contributed by atoms with Gasteiger partial charge in [0.15, 0.2) is 0 Å². The molecule has 2 aromatic rings. The first kappa shape index (κ1) is 20.1. The average molecular weight is 399 g/mol. The lowest BCUT2D eigenvalue weighted by molar-refractivity contribution is -0.137. The number of rotatable bonds is 7. The van der Waals surface area contributed by atoms with Gasteiger partial charge in [-0.1, -0.05) is 38.1 Å². The van der Waals surface area contributed by atoms with Crippen molar-refractivity contribution in [1.29, 1.82) is 0 Å². The third-order valence-electron chi connectivity index (χ3n) is 4.19. The normalized spacial score (nSPS) is 14.4. The minimum Gasteiger partial charge on any atom is -0.494 e. The Morgan fingerprint density at radius 2 is 1.64 bits per heavy atom. The van der Waals surface area contributed by atoms with E-state index in [2.05, 4.69) is 0 Å². The molecule has 2 amide bonds. The SMILES string of the molecule is CCOc1ccc(C2=C(SC(C)C)C(=O)N(Cc3ccc(F)cc3)C2=O)cc1. The van der Waals surface area contributed by atoms with Gasteiger partial charge in [-0.05, 0) is 42.3 Å². The second kappa shape index (κ2) is 8.61. The maximum atomic E-state index is 13.2. The predicted molar refractivity (Wildman–Crippen MR) is 109 cm³/mol. The van der Waals surface area contributed by atoms with E-state index < -0.39 is 0 Å². The average Bonchev–Trinajstić information content (AvgIpc) is 2.88. The first-order valence-electron chi connectivity index (χ1n) is 9.15. The lowest BCUT2D eigenvalue weighted by atomic mass is 10.1. The Labute approximate surface area is 168 Å². The van der Waals surface area contributed by atoms with Crippen LogP contribution in [0.3, 0.4) is 0 Å². The summed E-state index contributed by atoms with van der Waals surface area (Å²) < 4.78 is 18.6. The number of halogens is 1. The maximum absolute atomic E-state index is 13.2. The van der Waals surface area contributed by atoms with Gasteiger partial charge in [0.2, 0.25) is 0 Å². The Morgan fingerprint density at radius 3 is 2.21 bits per heavy atom. The Morgan fingerprint density at radius 1 is 1.00 bits per heavy atom. The van der Waals surface area contributed by atoms with Crippen LogP contribution in [0.25, 0.3) is 5.57 Å². The molecule has 28 heavy (non-hydrogen) atoms. The second-order valence-corrected chi connectivity index (χ2v) is 8.24. The number of thioether (sulfide) groups is 1. The smallest absolute Gasteiger partial charge is 0.268 e. The topological polar surface area (TPSA) is 46.6 Å². The van der Waals surface area contributed by atoms with Gasteiger partial charge in [0.25, 0.3) is 11.8 Å². The second-order valence-electron chi connectivity index (χ2n) is 6.65. The van der Waals surface area contributed by atoms with Crippen molar-refractivity contribution in [3.05, 3.63) is 70.4 Å². The number of hydrogen-bond acceptors (Lipinski definition) is 4. The summed E-state index contributed by atoms with van der Waals surface area (Å²) >= 11 is 1.38. The van der Waals surface area contributed by atoms with Crippen LogP contribution in [-0.4, -0.2) is 28.6 Å². The van der Waals surface area contributed by atoms with E-state index in [9.17, 15) is 14.0 Å². The molecule has 0 aliphatic carbocycles. The van der Waals surface area contributed by atoms with Crippen molar-refractivity contribution >= 4 is 29.1 Å². The Hall–Kier alpha value is -2.60. The Bertz CT molecular complexity index is 904. The summed E-state index contributed by atoms with van der Waals surface area (Å²) in [5.41, 5.74) is 1.80. The maximum Gasteiger partial charge on any atom is 0.268 e. The predicted octanol–water partition coefficient (Wildman–Crippen LogP) is 4.65. The number of benzene rings is 2. The molecule has 3 rings (SSSR count). The highest BCUT2D eigenvalue weighted by Crippen LogP contribution is 2.38. The quantitative estimate of drug-likeness (QED) is 0.636. The van der Waals surface area contributed by atoms with Crippen LogP contribution in [0, 0.1) is 5.82 Å². The van der Waals surface area contributed by atoms with Gasteiger partial charge in [-0.3, -0.25) is 14.5 Å². The molecule has 0 saturated carbocycles. The van der Waals surface area contributed by atoms with Gasteiger partial charge in [0.05, 0.1) is 23.6 Å². The molecule has 1 aliphatic heterocycles. The van der Waals surface area contributed by atoms with Crippen LogP contribution in [0.2, 0.25) is 0 Å². The third kappa shape index (κ3) is 4.28. The van der Waals surface area contributed by atoms with E-state index in [4.69, 9.17) is 4.74 Å². The van der Waals surface area contributed by atoms with E-state index in [1.807, 2.05) is 20.8 Å². The van der Waals surface area contributed by atoms with E-state index in [0.717, 1.165) is 0 Å². The minimum absolute atomic E-state index is 0.112. The fraction of sp³-hybridized carbons (Fsp3) is 0.273. The van der Waals surface area contributed by atoms with Gasteiger partial charge in [0, 0.05) is 5.25 Å². The molecule has 1 aliphatic rings. The molecule has 0 fully saturated rings. The van der Waals surface area contributed by atoms with Gasteiger partial charge in [-0.2, -0.15) is 0 Å². The molecule has 0 unspecified atom stereocenters. The number of amides is 2. The number of imide groups is 1. The van der Waals surface area contributed by atoms with E-state index in [1.54, 1.807) is 36.4 Å². The summed E-state index contributed by atoms with van der Waals surface area (Å²) in [6.45, 7) is 6.53. The number of hydrogen-bond donors (Lipinski definition) is 0. The van der Waals surface area contributed by atoms with Gasteiger partial charge in [0.1, 0.15) is 11.6 Å². The monoisotopic (exact) mass is 399 g/mol. The summed E-state index contributed by atoms with van der Waals surface area (Å²) in [4.78, 5) is 27.8. The number of carbonyl (C=O) groups is 2. The summed E-state index contributed by atoms with van der Waals surface area (Å²) in [6, 6.07) is 13.0. The lowest BCUT2D eigenvalue weighted by Gasteiger charge is -2.15. The van der Waals surface area contributed by atoms with E-state index in [0.29, 0.717) is 34.0 Å². The molecule has 4 nitrogen and oxygen atoms in total. The fourth-order valence-electron chi connectivity index (χ4n) is 2.95. The standard InChI is InChI=1S/C22H22FNO3S/c1-4-27-18-11-7-16(8-12-18)19-20(28-14(2)3)22(26)24(21(19)25)13-15-5-9-17(23)10-6-15/h5-12,14H,4,13H2,1-3H3. The van der Waals surface area contributed by atoms with E-state index in [1.165, 1.54) is 28.8 Å². The van der Waals surface area contributed by atoms with E-state index in [-0.39, 0.29) is 29.4 Å². The van der Waals surface area contributed by atoms with Gasteiger partial charge in [-0.15, -0.1) is 11.8 Å². The minimum atomic E-state index is -0.355. The van der Waals surface area contributed by atoms with Crippen LogP contribution in [0.15, 0.2) is 53.4 Å². The number of carbonyl (C=O) groups excluding carboxylic acids is 2. The Kier molecular flexibility index (Phi) is 6.19. The molecule has 1 heterocycles. The molecule has 0 N–H and O–H groups in total. The molecule has 2 aromatic carbocycles. The van der Waals surface area contributed by atoms with Crippen LogP contribution in [0.5, 0.6) is 5.75 Å². The summed E-state index contributed by atoms with van der Waals surface area (Å²) in [7, 11) is 0. The molecule has 0 spiro atoms. The molecule has 0 saturated heterocycles. The fourth-order valence-corrected chi connectivity index (χ4v) is 3.96. The van der Waals surface area contributed by atoms with Crippen LogP contribution < -0.4 is 4.74 Å². The zero-order valence-corrected chi connectivity index (χ0v) is 16.9. The summed E-state index contributed by atoms with van der Waals surface area (Å²) in [6.07, 6.45) is 0. The molecular weight excluding hydrogens is 377 g/mol. The number of ether oxygens (including phenoxy) is 1. The zero-order valence-electron chi connectivity index (χ0n) is 16.1. The zero-order chi connectivity index (χ0) is 20.3. The highest BCUT2D eigenvalue weighted by molar-refractivity contribution is 8.04. The first-order chi connectivity index (χ1) is 13.4. The van der Waals surface area contributed by atoms with Crippen molar-refractivity contribution in [1.82, 2.24) is 4.90 Å². The molecule has 0 aromatic heterocycles.